The molecule has 0 aromatic rings. The molecule has 0 bridgehead atoms. The number of alkyl carbamates (subject to hydrolysis) is 1. The van der Waals surface area contributed by atoms with Gasteiger partial charge in [-0.1, -0.05) is 19.3 Å². The summed E-state index contributed by atoms with van der Waals surface area (Å²) in [6, 6.07) is -0.420. The van der Waals surface area contributed by atoms with Crippen molar-refractivity contribution in [2.45, 2.75) is 71.4 Å². The van der Waals surface area contributed by atoms with Gasteiger partial charge in [-0.05, 0) is 46.5 Å². The lowest BCUT2D eigenvalue weighted by Gasteiger charge is -2.31. The van der Waals surface area contributed by atoms with Gasteiger partial charge in [0.2, 0.25) is 5.78 Å². The fourth-order valence-electron chi connectivity index (χ4n) is 3.28. The number of hydrogen-bond donors (Lipinski definition) is 1. The van der Waals surface area contributed by atoms with Gasteiger partial charge < -0.3 is 19.5 Å². The van der Waals surface area contributed by atoms with Gasteiger partial charge in [0.1, 0.15) is 11.2 Å². The topological polar surface area (TPSA) is 73.9 Å². The maximum atomic E-state index is 12.4. The summed E-state index contributed by atoms with van der Waals surface area (Å²) in [6.07, 6.45) is 4.82. The van der Waals surface area contributed by atoms with E-state index in [4.69, 9.17) is 14.2 Å². The van der Waals surface area contributed by atoms with Gasteiger partial charge in [-0.15, -0.1) is 0 Å². The molecule has 0 unspecified atom stereocenters. The highest BCUT2D eigenvalue weighted by Crippen LogP contribution is 2.33. The molecular weight excluding hydrogens is 310 g/mol. The normalized spacial score (nSPS) is 20.6. The lowest BCUT2D eigenvalue weighted by Crippen LogP contribution is -2.46. The fourth-order valence-corrected chi connectivity index (χ4v) is 3.28. The predicted molar refractivity (Wildman–Crippen MR) is 89.3 cm³/mol. The number of rotatable bonds is 5. The Kier molecular flexibility index (Phi) is 6.13. The zero-order valence-electron chi connectivity index (χ0n) is 15.1. The molecule has 1 heterocycles. The Morgan fingerprint density at radius 1 is 1.29 bits per heavy atom. The van der Waals surface area contributed by atoms with Gasteiger partial charge in [0.25, 0.3) is 5.95 Å². The monoisotopic (exact) mass is 339 g/mol. The molecule has 1 atom stereocenters. The second-order valence-electron chi connectivity index (χ2n) is 7.37. The number of hydrogen-bond acceptors (Lipinski definition) is 5. The van der Waals surface area contributed by atoms with Crippen LogP contribution < -0.4 is 5.32 Å². The number of amides is 1. The zero-order chi connectivity index (χ0) is 17.7. The van der Waals surface area contributed by atoms with E-state index in [0.717, 1.165) is 25.7 Å². The van der Waals surface area contributed by atoms with Crippen LogP contribution >= 0.6 is 0 Å². The highest BCUT2D eigenvalue weighted by atomic mass is 16.7. The van der Waals surface area contributed by atoms with E-state index in [1.807, 2.05) is 27.7 Å². The highest BCUT2D eigenvalue weighted by molar-refractivity contribution is 6.00. The van der Waals surface area contributed by atoms with Crippen LogP contribution in [0.2, 0.25) is 0 Å². The summed E-state index contributed by atoms with van der Waals surface area (Å²) in [4.78, 5) is 24.6. The maximum Gasteiger partial charge on any atom is 0.408 e. The van der Waals surface area contributed by atoms with Crippen molar-refractivity contribution in [2.75, 3.05) is 13.2 Å². The lowest BCUT2D eigenvalue weighted by molar-refractivity contribution is -0.117. The molecule has 0 aromatic heterocycles. The summed E-state index contributed by atoms with van der Waals surface area (Å²) < 4.78 is 16.3. The third kappa shape index (κ3) is 4.89. The van der Waals surface area contributed by atoms with E-state index in [1.165, 1.54) is 6.42 Å². The van der Waals surface area contributed by atoms with E-state index in [9.17, 15) is 9.59 Å². The Morgan fingerprint density at radius 2 is 1.96 bits per heavy atom. The molecule has 6 heteroatoms. The average Bonchev–Trinajstić information content (AvgIpc) is 2.85. The van der Waals surface area contributed by atoms with Gasteiger partial charge in [0.05, 0.1) is 12.6 Å². The number of ether oxygens (including phenoxy) is 3. The van der Waals surface area contributed by atoms with Crippen molar-refractivity contribution in [1.29, 1.82) is 0 Å². The van der Waals surface area contributed by atoms with Crippen LogP contribution in [-0.2, 0) is 19.0 Å². The van der Waals surface area contributed by atoms with Gasteiger partial charge in [-0.25, -0.2) is 4.79 Å². The van der Waals surface area contributed by atoms with Crippen molar-refractivity contribution >= 4 is 11.9 Å². The van der Waals surface area contributed by atoms with Crippen LogP contribution in [-0.4, -0.2) is 36.7 Å². The molecule has 0 spiro atoms. The van der Waals surface area contributed by atoms with Crippen LogP contribution in [0.3, 0.4) is 0 Å². The standard InChI is InChI=1S/C18H29NO5/c1-5-22-16-14(13(20)11-23-16)15(12-9-7-6-8-10-12)19-17(21)24-18(2,3)4/h12,15H,5-11H2,1-4H3,(H,19,21)/t15-/m0/s1. The first kappa shape index (κ1) is 18.6. The average molecular weight is 339 g/mol. The van der Waals surface area contributed by atoms with E-state index < -0.39 is 17.7 Å². The number of nitrogens with one attached hydrogen (secondary N) is 1. The summed E-state index contributed by atoms with van der Waals surface area (Å²) in [5.41, 5.74) is -0.135. The van der Waals surface area contributed by atoms with Crippen molar-refractivity contribution in [3.8, 4) is 0 Å². The third-order valence-electron chi connectivity index (χ3n) is 4.23. The van der Waals surface area contributed by atoms with Crippen LogP contribution in [0.5, 0.6) is 0 Å². The van der Waals surface area contributed by atoms with Crippen LogP contribution in [0.15, 0.2) is 11.5 Å². The Balaban J connectivity index is 2.23. The van der Waals surface area contributed by atoms with E-state index in [1.54, 1.807) is 0 Å². The quantitative estimate of drug-likeness (QED) is 0.832. The molecule has 1 fully saturated rings. The molecule has 24 heavy (non-hydrogen) atoms. The molecule has 0 saturated heterocycles. The summed E-state index contributed by atoms with van der Waals surface area (Å²) in [6.45, 7) is 7.68. The molecule has 0 radical (unpaired) electrons. The molecular formula is C18H29NO5. The minimum Gasteiger partial charge on any atom is -0.465 e. The number of carbonyl (C=O) groups excluding carboxylic acids is 2. The summed E-state index contributed by atoms with van der Waals surface area (Å²) in [5, 5.41) is 2.90. The third-order valence-corrected chi connectivity index (χ3v) is 4.23. The van der Waals surface area contributed by atoms with Crippen molar-refractivity contribution in [3.63, 3.8) is 0 Å². The number of Topliss-reactive ketones (excluding diaryl/α,β-unsaturated/α-hetero) is 1. The van der Waals surface area contributed by atoms with Crippen LogP contribution in [0.1, 0.15) is 59.8 Å². The first-order chi connectivity index (χ1) is 11.3. The van der Waals surface area contributed by atoms with Gasteiger partial charge in [0.15, 0.2) is 6.61 Å². The Labute approximate surface area is 143 Å². The molecule has 1 saturated carbocycles. The van der Waals surface area contributed by atoms with E-state index in [0.29, 0.717) is 12.2 Å². The molecule has 6 nitrogen and oxygen atoms in total. The maximum absolute atomic E-state index is 12.4. The van der Waals surface area contributed by atoms with Gasteiger partial charge in [-0.2, -0.15) is 0 Å². The fraction of sp³-hybridized carbons (Fsp3) is 0.778. The van der Waals surface area contributed by atoms with Gasteiger partial charge in [-0.3, -0.25) is 4.79 Å². The second kappa shape index (κ2) is 7.90. The summed E-state index contributed by atoms with van der Waals surface area (Å²) >= 11 is 0. The Morgan fingerprint density at radius 3 is 2.54 bits per heavy atom. The molecule has 1 aliphatic carbocycles. The Bertz CT molecular complexity index is 500. The molecule has 1 aliphatic heterocycles. The SMILES string of the molecule is CCOC1=C([C@@H](NC(=O)OC(C)(C)C)C2CCCCC2)C(=O)CO1. The molecule has 136 valence electrons. The highest BCUT2D eigenvalue weighted by Gasteiger charge is 2.39. The predicted octanol–water partition coefficient (Wildman–Crippen LogP) is 3.31. The second-order valence-corrected chi connectivity index (χ2v) is 7.37. The van der Waals surface area contributed by atoms with E-state index in [2.05, 4.69) is 5.32 Å². The molecule has 1 N–H and O–H groups in total. The minimum atomic E-state index is -0.589. The number of ketones is 1. The largest absolute Gasteiger partial charge is 0.465 e. The van der Waals surface area contributed by atoms with Crippen molar-refractivity contribution in [1.82, 2.24) is 5.32 Å². The molecule has 1 amide bonds. The van der Waals surface area contributed by atoms with E-state index in [-0.39, 0.29) is 24.3 Å². The van der Waals surface area contributed by atoms with Crippen LogP contribution in [0.25, 0.3) is 0 Å². The van der Waals surface area contributed by atoms with Crippen LogP contribution in [0.4, 0.5) is 4.79 Å². The lowest BCUT2D eigenvalue weighted by atomic mass is 9.80. The van der Waals surface area contributed by atoms with Gasteiger partial charge >= 0.3 is 6.09 Å². The van der Waals surface area contributed by atoms with Crippen molar-refractivity contribution in [2.24, 2.45) is 5.92 Å². The summed E-state index contributed by atoms with van der Waals surface area (Å²) in [7, 11) is 0. The van der Waals surface area contributed by atoms with Crippen molar-refractivity contribution in [3.05, 3.63) is 11.5 Å². The molecule has 0 aromatic carbocycles. The molecule has 2 aliphatic rings. The van der Waals surface area contributed by atoms with Crippen molar-refractivity contribution < 1.29 is 23.8 Å². The summed E-state index contributed by atoms with van der Waals surface area (Å²) in [5.74, 6) is 0.335. The van der Waals surface area contributed by atoms with Gasteiger partial charge in [0, 0.05) is 0 Å². The van der Waals surface area contributed by atoms with E-state index >= 15 is 0 Å². The minimum absolute atomic E-state index is 0.0239. The molecule has 2 rings (SSSR count). The smallest absolute Gasteiger partial charge is 0.408 e. The first-order valence-corrected chi connectivity index (χ1v) is 8.84. The zero-order valence-corrected chi connectivity index (χ0v) is 15.1. The Hall–Kier alpha value is -1.72. The van der Waals surface area contributed by atoms with Crippen LogP contribution in [0, 0.1) is 5.92 Å². The first-order valence-electron chi connectivity index (χ1n) is 8.84. The number of carbonyl (C=O) groups is 2.